The molecule has 0 saturated carbocycles. The number of para-hydroxylation sites is 1. The van der Waals surface area contributed by atoms with Crippen LogP contribution in [0.4, 0.5) is 5.69 Å². The molecule has 21 heavy (non-hydrogen) atoms. The molecule has 0 aromatic heterocycles. The Morgan fingerprint density at radius 3 is 2.52 bits per heavy atom. The third-order valence-corrected chi connectivity index (χ3v) is 3.20. The van der Waals surface area contributed by atoms with E-state index in [4.69, 9.17) is 0 Å². The van der Waals surface area contributed by atoms with Crippen molar-refractivity contribution in [2.24, 2.45) is 0 Å². The van der Waals surface area contributed by atoms with Gasteiger partial charge in [0.25, 0.3) is 5.69 Å². The molecule has 0 saturated heterocycles. The van der Waals surface area contributed by atoms with Gasteiger partial charge in [-0.25, -0.2) is 0 Å². The van der Waals surface area contributed by atoms with Crippen molar-refractivity contribution < 1.29 is 4.92 Å². The quantitative estimate of drug-likeness (QED) is 0.674. The van der Waals surface area contributed by atoms with Crippen LogP contribution >= 0.6 is 0 Å². The summed E-state index contributed by atoms with van der Waals surface area (Å²) in [6.45, 7) is 2.48. The molecule has 0 bridgehead atoms. The third-order valence-electron chi connectivity index (χ3n) is 3.20. The summed E-state index contributed by atoms with van der Waals surface area (Å²) in [5.74, 6) is 0. The first-order valence-electron chi connectivity index (χ1n) is 6.53. The third kappa shape index (κ3) is 3.65. The van der Waals surface area contributed by atoms with E-state index in [1.54, 1.807) is 18.2 Å². The number of benzene rings is 2. The number of rotatable bonds is 5. The first-order valence-corrected chi connectivity index (χ1v) is 6.53. The molecule has 1 N–H and O–H groups in total. The highest BCUT2D eigenvalue weighted by molar-refractivity contribution is 5.44. The predicted molar refractivity (Wildman–Crippen MR) is 79.5 cm³/mol. The highest BCUT2D eigenvalue weighted by Crippen LogP contribution is 2.24. The summed E-state index contributed by atoms with van der Waals surface area (Å²) in [6, 6.07) is 15.6. The van der Waals surface area contributed by atoms with Crippen LogP contribution in [0.1, 0.15) is 22.7 Å². The van der Waals surface area contributed by atoms with Gasteiger partial charge < -0.3 is 0 Å². The van der Waals surface area contributed by atoms with Crippen LogP contribution in [-0.4, -0.2) is 4.92 Å². The average molecular weight is 281 g/mol. The molecule has 0 amide bonds. The molecule has 2 rings (SSSR count). The van der Waals surface area contributed by atoms with E-state index in [2.05, 4.69) is 11.4 Å². The normalized spacial score (nSPS) is 11.6. The van der Waals surface area contributed by atoms with Crippen LogP contribution in [0.5, 0.6) is 0 Å². The Balaban J connectivity index is 2.16. The van der Waals surface area contributed by atoms with Gasteiger partial charge in [0.15, 0.2) is 0 Å². The summed E-state index contributed by atoms with van der Waals surface area (Å²) >= 11 is 0. The summed E-state index contributed by atoms with van der Waals surface area (Å²) in [7, 11) is 0. The maximum Gasteiger partial charge on any atom is 0.275 e. The Bertz CT molecular complexity index is 675. The standard InChI is InChI=1S/C16H15N3O2/c1-12-6-8-13(9-7-12)11-18-15(10-17)14-4-2-3-5-16(14)19(20)21/h2-9,15,18H,11H2,1H3. The molecular formula is C16H15N3O2. The molecule has 1 unspecified atom stereocenters. The number of hydrogen-bond donors (Lipinski definition) is 1. The zero-order chi connectivity index (χ0) is 15.2. The Hall–Kier alpha value is -2.71. The van der Waals surface area contributed by atoms with Gasteiger partial charge in [0.1, 0.15) is 6.04 Å². The van der Waals surface area contributed by atoms with Crippen LogP contribution < -0.4 is 5.32 Å². The van der Waals surface area contributed by atoms with Gasteiger partial charge in [-0.05, 0) is 18.6 Å². The monoisotopic (exact) mass is 281 g/mol. The van der Waals surface area contributed by atoms with Crippen LogP contribution in [0.15, 0.2) is 48.5 Å². The second-order valence-electron chi connectivity index (χ2n) is 4.74. The maximum atomic E-state index is 11.0. The Morgan fingerprint density at radius 1 is 1.24 bits per heavy atom. The zero-order valence-electron chi connectivity index (χ0n) is 11.6. The topological polar surface area (TPSA) is 79.0 Å². The van der Waals surface area contributed by atoms with Crippen molar-refractivity contribution in [2.75, 3.05) is 0 Å². The molecule has 2 aromatic rings. The number of nitrogens with one attached hydrogen (secondary N) is 1. The van der Waals surface area contributed by atoms with E-state index in [0.29, 0.717) is 12.1 Å². The summed E-state index contributed by atoms with van der Waals surface area (Å²) in [6.07, 6.45) is 0. The maximum absolute atomic E-state index is 11.0. The van der Waals surface area contributed by atoms with Gasteiger partial charge in [0.05, 0.1) is 16.6 Å². The van der Waals surface area contributed by atoms with Crippen LogP contribution in [-0.2, 0) is 6.54 Å². The van der Waals surface area contributed by atoms with E-state index in [9.17, 15) is 15.4 Å². The Kier molecular flexibility index (Phi) is 4.64. The lowest BCUT2D eigenvalue weighted by atomic mass is 10.1. The molecular weight excluding hydrogens is 266 g/mol. The number of nitrogens with zero attached hydrogens (tertiary/aromatic N) is 2. The lowest BCUT2D eigenvalue weighted by Crippen LogP contribution is -2.20. The van der Waals surface area contributed by atoms with Crippen molar-refractivity contribution in [1.82, 2.24) is 5.32 Å². The fourth-order valence-electron chi connectivity index (χ4n) is 2.05. The van der Waals surface area contributed by atoms with E-state index in [1.807, 2.05) is 31.2 Å². The lowest BCUT2D eigenvalue weighted by Gasteiger charge is -2.12. The summed E-state index contributed by atoms with van der Waals surface area (Å²) in [5, 5.41) is 23.3. The summed E-state index contributed by atoms with van der Waals surface area (Å²) in [4.78, 5) is 10.6. The molecule has 1 atom stereocenters. The number of hydrogen-bond acceptors (Lipinski definition) is 4. The molecule has 0 heterocycles. The van der Waals surface area contributed by atoms with Crippen molar-refractivity contribution in [3.05, 3.63) is 75.3 Å². The van der Waals surface area contributed by atoms with Gasteiger partial charge in [-0.2, -0.15) is 5.26 Å². The molecule has 106 valence electrons. The van der Waals surface area contributed by atoms with Crippen molar-refractivity contribution in [3.8, 4) is 6.07 Å². The van der Waals surface area contributed by atoms with Crippen LogP contribution in [0.25, 0.3) is 0 Å². The first kappa shape index (κ1) is 14.7. The van der Waals surface area contributed by atoms with Gasteiger partial charge >= 0.3 is 0 Å². The smallest absolute Gasteiger partial charge is 0.275 e. The predicted octanol–water partition coefficient (Wildman–Crippen LogP) is 3.26. The van der Waals surface area contributed by atoms with Crippen molar-refractivity contribution >= 4 is 5.69 Å². The van der Waals surface area contributed by atoms with Gasteiger partial charge in [-0.15, -0.1) is 0 Å². The fourth-order valence-corrected chi connectivity index (χ4v) is 2.05. The zero-order valence-corrected chi connectivity index (χ0v) is 11.6. The average Bonchev–Trinajstić information content (AvgIpc) is 2.50. The molecule has 2 aromatic carbocycles. The van der Waals surface area contributed by atoms with Crippen molar-refractivity contribution in [3.63, 3.8) is 0 Å². The van der Waals surface area contributed by atoms with Crippen molar-refractivity contribution in [2.45, 2.75) is 19.5 Å². The molecule has 0 fully saturated rings. The second kappa shape index (κ2) is 6.64. The molecule has 5 heteroatoms. The van der Waals surface area contributed by atoms with E-state index >= 15 is 0 Å². The van der Waals surface area contributed by atoms with Crippen LogP contribution in [0.2, 0.25) is 0 Å². The molecule has 0 aliphatic rings. The summed E-state index contributed by atoms with van der Waals surface area (Å²) in [5.41, 5.74) is 2.53. The second-order valence-corrected chi connectivity index (χ2v) is 4.74. The molecule has 0 radical (unpaired) electrons. The molecule has 0 aliphatic heterocycles. The van der Waals surface area contributed by atoms with Crippen LogP contribution in [0, 0.1) is 28.4 Å². The fraction of sp³-hybridized carbons (Fsp3) is 0.188. The molecule has 0 spiro atoms. The minimum atomic E-state index is -0.715. The van der Waals surface area contributed by atoms with Crippen molar-refractivity contribution in [1.29, 1.82) is 5.26 Å². The minimum Gasteiger partial charge on any atom is -0.294 e. The Labute approximate surface area is 123 Å². The van der Waals surface area contributed by atoms with E-state index < -0.39 is 11.0 Å². The van der Waals surface area contributed by atoms with Gasteiger partial charge in [0.2, 0.25) is 0 Å². The van der Waals surface area contributed by atoms with E-state index in [1.165, 1.54) is 6.07 Å². The molecule has 5 nitrogen and oxygen atoms in total. The lowest BCUT2D eigenvalue weighted by molar-refractivity contribution is -0.385. The largest absolute Gasteiger partial charge is 0.294 e. The van der Waals surface area contributed by atoms with E-state index in [0.717, 1.165) is 11.1 Å². The first-order chi connectivity index (χ1) is 10.1. The van der Waals surface area contributed by atoms with Gasteiger partial charge in [-0.1, -0.05) is 42.0 Å². The Morgan fingerprint density at radius 2 is 1.90 bits per heavy atom. The minimum absolute atomic E-state index is 0.0412. The number of aryl methyl sites for hydroxylation is 1. The number of nitro groups is 1. The summed E-state index contributed by atoms with van der Waals surface area (Å²) < 4.78 is 0. The van der Waals surface area contributed by atoms with Gasteiger partial charge in [0, 0.05) is 12.6 Å². The number of nitriles is 1. The van der Waals surface area contributed by atoms with Gasteiger partial charge in [-0.3, -0.25) is 15.4 Å². The highest BCUT2D eigenvalue weighted by Gasteiger charge is 2.20. The SMILES string of the molecule is Cc1ccc(CNC(C#N)c2ccccc2[N+](=O)[O-])cc1. The molecule has 0 aliphatic carbocycles. The number of nitro benzene ring substituents is 1. The van der Waals surface area contributed by atoms with E-state index in [-0.39, 0.29) is 5.69 Å². The van der Waals surface area contributed by atoms with Crippen LogP contribution in [0.3, 0.4) is 0 Å². The highest BCUT2D eigenvalue weighted by atomic mass is 16.6.